The van der Waals surface area contributed by atoms with E-state index >= 15 is 0 Å². The van der Waals surface area contributed by atoms with Gasteiger partial charge in [-0.25, -0.2) is 14.6 Å². The van der Waals surface area contributed by atoms with Crippen LogP contribution in [0.5, 0.6) is 5.75 Å². The highest BCUT2D eigenvalue weighted by Gasteiger charge is 2.24. The minimum atomic E-state index is -0.174. The molecule has 2 aliphatic rings. The number of aromatic nitrogens is 6. The van der Waals surface area contributed by atoms with E-state index in [0.717, 1.165) is 42.2 Å². The molecule has 1 atom stereocenters. The lowest BCUT2D eigenvalue weighted by Gasteiger charge is -2.32. The summed E-state index contributed by atoms with van der Waals surface area (Å²) in [5.74, 6) is 1.91. The van der Waals surface area contributed by atoms with E-state index in [0.29, 0.717) is 23.3 Å². The molecule has 0 spiro atoms. The minimum absolute atomic E-state index is 0.174. The van der Waals surface area contributed by atoms with Crippen molar-refractivity contribution < 1.29 is 4.74 Å². The molecule has 0 radical (unpaired) electrons. The number of benzene rings is 2. The lowest BCUT2D eigenvalue weighted by molar-refractivity contribution is 0.193. The van der Waals surface area contributed by atoms with Crippen LogP contribution in [-0.4, -0.2) is 74.4 Å². The van der Waals surface area contributed by atoms with E-state index in [-0.39, 0.29) is 6.10 Å². The van der Waals surface area contributed by atoms with Gasteiger partial charge in [0.2, 0.25) is 5.95 Å². The van der Waals surface area contributed by atoms with Crippen molar-refractivity contribution in [1.82, 2.24) is 35.1 Å². The van der Waals surface area contributed by atoms with Crippen molar-refractivity contribution in [1.29, 1.82) is 0 Å². The largest absolute Gasteiger partial charge is 0.487 e. The third-order valence-corrected chi connectivity index (χ3v) is 8.04. The van der Waals surface area contributed by atoms with Crippen LogP contribution in [-0.2, 0) is 13.0 Å². The molecule has 2 aromatic carbocycles. The second-order valence-electron chi connectivity index (χ2n) is 10.8. The van der Waals surface area contributed by atoms with E-state index < -0.39 is 0 Å². The molecule has 1 fully saturated rings. The summed E-state index contributed by atoms with van der Waals surface area (Å²) in [4.78, 5) is 14.2. The highest BCUT2D eigenvalue weighted by atomic mass is 35.5. The number of anilines is 3. The van der Waals surface area contributed by atoms with Gasteiger partial charge in [-0.05, 0) is 98.1 Å². The second-order valence-corrected chi connectivity index (χ2v) is 11.2. The molecule has 0 saturated carbocycles. The van der Waals surface area contributed by atoms with E-state index in [2.05, 4.69) is 65.9 Å². The number of fused-ring (bicyclic) bond motifs is 1. The zero-order valence-electron chi connectivity index (χ0n) is 22.9. The van der Waals surface area contributed by atoms with E-state index in [4.69, 9.17) is 16.3 Å². The summed E-state index contributed by atoms with van der Waals surface area (Å²) < 4.78 is 7.69. The number of hydrogen-bond acceptors (Lipinski definition) is 9. The molecular weight excluding hydrogens is 526 g/mol. The first-order valence-electron chi connectivity index (χ1n) is 13.8. The van der Waals surface area contributed by atoms with Gasteiger partial charge < -0.3 is 19.9 Å². The van der Waals surface area contributed by atoms with Crippen LogP contribution in [0.25, 0.3) is 11.1 Å². The molecule has 1 saturated heterocycles. The van der Waals surface area contributed by atoms with Gasteiger partial charge in [0, 0.05) is 42.4 Å². The Hall–Kier alpha value is -3.76. The summed E-state index contributed by atoms with van der Waals surface area (Å²) in [6.45, 7) is 7.09. The molecule has 2 aromatic heterocycles. The van der Waals surface area contributed by atoms with Crippen LogP contribution < -0.4 is 15.0 Å². The van der Waals surface area contributed by atoms with Crippen LogP contribution in [0.2, 0.25) is 5.02 Å². The van der Waals surface area contributed by atoms with Gasteiger partial charge in [0.05, 0.1) is 11.6 Å². The Bertz CT molecular complexity index is 1420. The Labute approximate surface area is 239 Å². The lowest BCUT2D eigenvalue weighted by atomic mass is 9.96. The van der Waals surface area contributed by atoms with E-state index in [9.17, 15) is 0 Å². The summed E-state index contributed by atoms with van der Waals surface area (Å²) >= 11 is 6.42. The number of ether oxygens (including phenoxy) is 1. The SMILES string of the molecule is CC(Cn1cnnn1)Oc1cc(-c2cnc(Nc3ccc4c(c3)N(CC3CCN(C)CC3)CC4)nc2)ccc1Cl. The van der Waals surface area contributed by atoms with Crippen molar-refractivity contribution in [3.05, 3.63) is 65.7 Å². The molecule has 2 aliphatic heterocycles. The fraction of sp³-hybridized carbons (Fsp3) is 0.414. The Balaban J connectivity index is 1.11. The molecule has 208 valence electrons. The molecular formula is C29H34ClN9O. The van der Waals surface area contributed by atoms with Crippen LogP contribution in [0.4, 0.5) is 17.3 Å². The van der Waals surface area contributed by atoms with Crippen LogP contribution in [0.15, 0.2) is 55.1 Å². The van der Waals surface area contributed by atoms with Gasteiger partial charge in [0.1, 0.15) is 18.2 Å². The number of nitrogens with zero attached hydrogens (tertiary/aromatic N) is 8. The van der Waals surface area contributed by atoms with E-state index in [1.165, 1.54) is 37.2 Å². The van der Waals surface area contributed by atoms with Gasteiger partial charge in [0.25, 0.3) is 0 Å². The number of tetrazole rings is 1. The van der Waals surface area contributed by atoms with Crippen molar-refractivity contribution in [2.75, 3.05) is 43.4 Å². The number of halogens is 1. The monoisotopic (exact) mass is 559 g/mol. The number of piperidine rings is 1. The van der Waals surface area contributed by atoms with Crippen molar-refractivity contribution in [2.45, 2.75) is 38.8 Å². The summed E-state index contributed by atoms with van der Waals surface area (Å²) in [5.41, 5.74) is 5.55. The lowest BCUT2D eigenvalue weighted by Crippen LogP contribution is -2.36. The molecule has 6 rings (SSSR count). The average molecular weight is 560 g/mol. The zero-order valence-corrected chi connectivity index (χ0v) is 23.6. The molecule has 1 N–H and O–H groups in total. The standard InChI is InChI=1S/C29H34ClN9O/c1-20(17-39-19-33-35-36-39)40-28-13-23(4-6-26(28)30)24-15-31-29(32-16-24)34-25-5-3-22-9-12-38(27(22)14-25)18-21-7-10-37(2)11-8-21/h3-6,13-16,19-21H,7-12,17-18H2,1-2H3,(H,31,32,34). The highest BCUT2D eigenvalue weighted by molar-refractivity contribution is 6.32. The number of hydrogen-bond donors (Lipinski definition) is 1. The Morgan fingerprint density at radius 3 is 2.65 bits per heavy atom. The van der Waals surface area contributed by atoms with Crippen molar-refractivity contribution in [3.8, 4) is 16.9 Å². The number of nitrogens with one attached hydrogen (secondary N) is 1. The molecule has 10 nitrogen and oxygen atoms in total. The van der Waals surface area contributed by atoms with E-state index in [1.807, 2.05) is 37.5 Å². The van der Waals surface area contributed by atoms with Crippen LogP contribution in [0.1, 0.15) is 25.3 Å². The highest BCUT2D eigenvalue weighted by Crippen LogP contribution is 2.34. The number of rotatable bonds is 9. The normalized spacial score (nSPS) is 16.6. The summed E-state index contributed by atoms with van der Waals surface area (Å²) in [6, 6.07) is 12.3. The van der Waals surface area contributed by atoms with E-state index in [1.54, 1.807) is 11.0 Å². The fourth-order valence-electron chi connectivity index (χ4n) is 5.49. The first kappa shape index (κ1) is 26.5. The van der Waals surface area contributed by atoms with Gasteiger partial charge >= 0.3 is 0 Å². The average Bonchev–Trinajstić information content (AvgIpc) is 3.61. The molecule has 11 heteroatoms. The minimum Gasteiger partial charge on any atom is -0.487 e. The topological polar surface area (TPSA) is 97.1 Å². The quantitative estimate of drug-likeness (QED) is 0.313. The van der Waals surface area contributed by atoms with Gasteiger partial charge in [-0.1, -0.05) is 23.7 Å². The molecule has 1 unspecified atom stereocenters. The van der Waals surface area contributed by atoms with Gasteiger partial charge in [-0.2, -0.15) is 0 Å². The van der Waals surface area contributed by atoms with Crippen molar-refractivity contribution >= 4 is 28.9 Å². The molecule has 0 amide bonds. The van der Waals surface area contributed by atoms with Crippen LogP contribution in [0.3, 0.4) is 0 Å². The summed E-state index contributed by atoms with van der Waals surface area (Å²) in [6.07, 6.45) is 8.67. The van der Waals surface area contributed by atoms with Crippen molar-refractivity contribution in [3.63, 3.8) is 0 Å². The molecule has 4 aromatic rings. The molecule has 40 heavy (non-hydrogen) atoms. The zero-order chi connectivity index (χ0) is 27.5. The van der Waals surface area contributed by atoms with Crippen LogP contribution in [0, 0.1) is 5.92 Å². The maximum Gasteiger partial charge on any atom is 0.227 e. The maximum atomic E-state index is 6.42. The van der Waals surface area contributed by atoms with Gasteiger partial charge in [-0.3, -0.25) is 0 Å². The first-order chi connectivity index (χ1) is 19.5. The third-order valence-electron chi connectivity index (χ3n) is 7.73. The number of likely N-dealkylation sites (tertiary alicyclic amines) is 1. The predicted molar refractivity (Wildman–Crippen MR) is 156 cm³/mol. The first-order valence-corrected chi connectivity index (χ1v) is 14.2. The summed E-state index contributed by atoms with van der Waals surface area (Å²) in [5, 5.41) is 15.1. The van der Waals surface area contributed by atoms with Crippen molar-refractivity contribution in [2.24, 2.45) is 5.92 Å². The van der Waals surface area contributed by atoms with Gasteiger partial charge in [0.15, 0.2) is 0 Å². The smallest absolute Gasteiger partial charge is 0.227 e. The second kappa shape index (κ2) is 11.8. The predicted octanol–water partition coefficient (Wildman–Crippen LogP) is 4.70. The molecule has 0 aliphatic carbocycles. The third kappa shape index (κ3) is 6.18. The maximum absolute atomic E-state index is 6.42. The van der Waals surface area contributed by atoms with Gasteiger partial charge in [-0.15, -0.1) is 5.10 Å². The Morgan fingerprint density at radius 1 is 1.05 bits per heavy atom. The molecule has 0 bridgehead atoms. The van der Waals surface area contributed by atoms with Crippen LogP contribution >= 0.6 is 11.6 Å². The Morgan fingerprint density at radius 2 is 1.88 bits per heavy atom. The molecule has 4 heterocycles. The Kier molecular flexibility index (Phi) is 7.79. The fourth-order valence-corrected chi connectivity index (χ4v) is 5.66. The summed E-state index contributed by atoms with van der Waals surface area (Å²) in [7, 11) is 2.22.